The Labute approximate surface area is 101 Å². The maximum Gasteiger partial charge on any atom is 0.293 e. The summed E-state index contributed by atoms with van der Waals surface area (Å²) in [6, 6.07) is 0.385. The van der Waals surface area contributed by atoms with Gasteiger partial charge in [-0.15, -0.1) is 0 Å². The van der Waals surface area contributed by atoms with Crippen LogP contribution in [0.15, 0.2) is 17.2 Å². The Bertz CT molecular complexity index is 426. The largest absolute Gasteiger partial charge is 0.377 e. The van der Waals surface area contributed by atoms with E-state index in [4.69, 9.17) is 4.74 Å². The van der Waals surface area contributed by atoms with E-state index in [2.05, 4.69) is 10.3 Å². The van der Waals surface area contributed by atoms with Crippen LogP contribution in [0.25, 0.3) is 0 Å². The van der Waals surface area contributed by atoms with Crippen molar-refractivity contribution in [2.45, 2.75) is 38.8 Å². The van der Waals surface area contributed by atoms with E-state index in [1.54, 1.807) is 17.0 Å². The van der Waals surface area contributed by atoms with E-state index >= 15 is 0 Å². The summed E-state index contributed by atoms with van der Waals surface area (Å²) < 4.78 is 7.16. The average Bonchev–Trinajstić information content (AvgIpc) is 3.12. The smallest absolute Gasteiger partial charge is 0.293 e. The number of nitrogens with one attached hydrogen (secondary N) is 1. The number of hydrogen-bond donors (Lipinski definition) is 1. The van der Waals surface area contributed by atoms with Gasteiger partial charge in [-0.3, -0.25) is 4.79 Å². The van der Waals surface area contributed by atoms with Gasteiger partial charge < -0.3 is 14.6 Å². The number of hydrogen-bond acceptors (Lipinski definition) is 4. The van der Waals surface area contributed by atoms with Crippen LogP contribution in [-0.2, 0) is 4.74 Å². The molecule has 1 atom stereocenters. The zero-order valence-corrected chi connectivity index (χ0v) is 10.3. The maximum absolute atomic E-state index is 12.0. The fourth-order valence-electron chi connectivity index (χ4n) is 1.77. The Morgan fingerprint density at radius 3 is 3.06 bits per heavy atom. The van der Waals surface area contributed by atoms with E-state index in [0.717, 1.165) is 12.8 Å². The molecule has 1 saturated carbocycles. The molecule has 5 nitrogen and oxygen atoms in total. The molecule has 1 unspecified atom stereocenters. The number of nitrogens with zero attached hydrogens (tertiary/aromatic N) is 2. The molecule has 1 N–H and O–H groups in total. The van der Waals surface area contributed by atoms with Crippen molar-refractivity contribution in [1.29, 1.82) is 0 Å². The lowest BCUT2D eigenvalue weighted by atomic mass is 10.4. The second-order valence-corrected chi connectivity index (χ2v) is 4.37. The zero-order chi connectivity index (χ0) is 12.3. The summed E-state index contributed by atoms with van der Waals surface area (Å²) in [5, 5.41) is 3.05. The molecule has 0 amide bonds. The molecule has 0 saturated heterocycles. The first-order valence-electron chi connectivity index (χ1n) is 6.15. The summed E-state index contributed by atoms with van der Waals surface area (Å²) >= 11 is 0. The fourth-order valence-corrected chi connectivity index (χ4v) is 1.77. The number of ether oxygens (including phenoxy) is 1. The minimum atomic E-state index is -0.0290. The van der Waals surface area contributed by atoms with Crippen molar-refractivity contribution in [3.63, 3.8) is 0 Å². The molecular formula is C12H19N3O2. The molecular weight excluding hydrogens is 218 g/mol. The normalized spacial score (nSPS) is 16.8. The van der Waals surface area contributed by atoms with Crippen molar-refractivity contribution in [1.82, 2.24) is 9.55 Å². The Morgan fingerprint density at radius 1 is 1.65 bits per heavy atom. The van der Waals surface area contributed by atoms with Gasteiger partial charge in [0.15, 0.2) is 5.82 Å². The summed E-state index contributed by atoms with van der Waals surface area (Å²) in [5.74, 6) is 0.422. The summed E-state index contributed by atoms with van der Waals surface area (Å²) in [7, 11) is 0. The van der Waals surface area contributed by atoms with Gasteiger partial charge in [0.1, 0.15) is 0 Å². The first-order chi connectivity index (χ1) is 8.22. The molecule has 0 bridgehead atoms. The van der Waals surface area contributed by atoms with E-state index in [-0.39, 0.29) is 11.7 Å². The quantitative estimate of drug-likeness (QED) is 0.813. The minimum Gasteiger partial charge on any atom is -0.377 e. The van der Waals surface area contributed by atoms with Crippen molar-refractivity contribution in [2.75, 3.05) is 18.5 Å². The molecule has 0 aromatic carbocycles. The number of rotatable bonds is 6. The van der Waals surface area contributed by atoms with Gasteiger partial charge >= 0.3 is 0 Å². The van der Waals surface area contributed by atoms with Crippen LogP contribution in [0.5, 0.6) is 0 Å². The van der Waals surface area contributed by atoms with Gasteiger partial charge in [0.05, 0.1) is 6.10 Å². The maximum atomic E-state index is 12.0. The van der Waals surface area contributed by atoms with Gasteiger partial charge in [-0.2, -0.15) is 0 Å². The summed E-state index contributed by atoms with van der Waals surface area (Å²) in [5.41, 5.74) is -0.0290. The third kappa shape index (κ3) is 3.06. The van der Waals surface area contributed by atoms with Crippen molar-refractivity contribution in [3.05, 3.63) is 22.7 Å². The second-order valence-electron chi connectivity index (χ2n) is 4.37. The summed E-state index contributed by atoms with van der Waals surface area (Å²) in [6.07, 6.45) is 5.71. The first kappa shape index (κ1) is 12.1. The van der Waals surface area contributed by atoms with Crippen molar-refractivity contribution >= 4 is 5.82 Å². The zero-order valence-electron chi connectivity index (χ0n) is 10.3. The van der Waals surface area contributed by atoms with Crippen LogP contribution in [0.2, 0.25) is 0 Å². The van der Waals surface area contributed by atoms with Crippen LogP contribution < -0.4 is 10.9 Å². The van der Waals surface area contributed by atoms with E-state index in [1.165, 1.54) is 0 Å². The molecule has 2 rings (SSSR count). The van der Waals surface area contributed by atoms with Crippen LogP contribution in [-0.4, -0.2) is 28.8 Å². The molecule has 0 radical (unpaired) electrons. The molecule has 1 aromatic heterocycles. The van der Waals surface area contributed by atoms with E-state index in [1.807, 2.05) is 13.8 Å². The highest BCUT2D eigenvalue weighted by molar-refractivity contribution is 5.31. The Hall–Kier alpha value is -1.36. The standard InChI is InChI=1S/C12H19N3O2/c1-3-17-9(2)8-14-11-12(16)15(7-6-13-11)10-4-5-10/h6-7,9-10H,3-5,8H2,1-2H3,(H,13,14). The number of aromatic nitrogens is 2. The molecule has 17 heavy (non-hydrogen) atoms. The highest BCUT2D eigenvalue weighted by atomic mass is 16.5. The molecule has 1 fully saturated rings. The van der Waals surface area contributed by atoms with Crippen molar-refractivity contribution in [2.24, 2.45) is 0 Å². The molecule has 0 spiro atoms. The topological polar surface area (TPSA) is 56.1 Å². The van der Waals surface area contributed by atoms with Gasteiger partial charge in [0.2, 0.25) is 0 Å². The first-order valence-corrected chi connectivity index (χ1v) is 6.15. The van der Waals surface area contributed by atoms with E-state index in [0.29, 0.717) is 25.0 Å². The van der Waals surface area contributed by atoms with Gasteiger partial charge in [0, 0.05) is 31.6 Å². The van der Waals surface area contributed by atoms with Crippen LogP contribution in [0.1, 0.15) is 32.7 Å². The Balaban J connectivity index is 2.01. The molecule has 1 aliphatic rings. The van der Waals surface area contributed by atoms with Gasteiger partial charge in [-0.25, -0.2) is 4.98 Å². The monoisotopic (exact) mass is 237 g/mol. The lowest BCUT2D eigenvalue weighted by Gasteiger charge is -2.13. The van der Waals surface area contributed by atoms with Crippen LogP contribution in [0, 0.1) is 0 Å². The van der Waals surface area contributed by atoms with Crippen molar-refractivity contribution in [3.8, 4) is 0 Å². The fraction of sp³-hybridized carbons (Fsp3) is 0.667. The van der Waals surface area contributed by atoms with Crippen molar-refractivity contribution < 1.29 is 4.74 Å². The Kier molecular flexibility index (Phi) is 3.78. The predicted octanol–water partition coefficient (Wildman–Crippen LogP) is 1.42. The molecule has 1 heterocycles. The van der Waals surface area contributed by atoms with Gasteiger partial charge in [-0.1, -0.05) is 0 Å². The molecule has 1 aliphatic carbocycles. The minimum absolute atomic E-state index is 0.0290. The lowest BCUT2D eigenvalue weighted by Crippen LogP contribution is -2.27. The Morgan fingerprint density at radius 2 is 2.41 bits per heavy atom. The number of anilines is 1. The molecule has 0 aliphatic heterocycles. The lowest BCUT2D eigenvalue weighted by molar-refractivity contribution is 0.0854. The van der Waals surface area contributed by atoms with E-state index < -0.39 is 0 Å². The predicted molar refractivity (Wildman–Crippen MR) is 66.3 cm³/mol. The second kappa shape index (κ2) is 5.31. The van der Waals surface area contributed by atoms with Crippen LogP contribution in [0.4, 0.5) is 5.82 Å². The van der Waals surface area contributed by atoms with Crippen LogP contribution in [0.3, 0.4) is 0 Å². The average molecular weight is 237 g/mol. The third-order valence-corrected chi connectivity index (χ3v) is 2.82. The molecule has 94 valence electrons. The SMILES string of the molecule is CCOC(C)CNc1nccn(C2CC2)c1=O. The molecule has 5 heteroatoms. The third-order valence-electron chi connectivity index (χ3n) is 2.82. The van der Waals surface area contributed by atoms with Crippen LogP contribution >= 0.6 is 0 Å². The molecule has 1 aromatic rings. The highest BCUT2D eigenvalue weighted by Gasteiger charge is 2.25. The summed E-state index contributed by atoms with van der Waals surface area (Å²) in [4.78, 5) is 16.1. The van der Waals surface area contributed by atoms with Gasteiger partial charge in [0.25, 0.3) is 5.56 Å². The van der Waals surface area contributed by atoms with Gasteiger partial charge in [-0.05, 0) is 26.7 Å². The van der Waals surface area contributed by atoms with E-state index in [9.17, 15) is 4.79 Å². The summed E-state index contributed by atoms with van der Waals surface area (Å²) in [6.45, 7) is 5.21. The highest BCUT2D eigenvalue weighted by Crippen LogP contribution is 2.33.